The molecule has 1 aromatic carbocycles. The SMILES string of the molecule is CC(C)(C)OC(=O)N(N=C1CCCCC1)c1ccc(N(N=C2CCCCC2)C(=O)OC(C)(C)C)cc1. The van der Waals surface area contributed by atoms with Crippen molar-refractivity contribution < 1.29 is 19.1 Å². The van der Waals surface area contributed by atoms with Gasteiger partial charge in [-0.2, -0.15) is 20.2 Å². The minimum atomic E-state index is -0.647. The summed E-state index contributed by atoms with van der Waals surface area (Å²) in [4.78, 5) is 26.1. The Hall–Kier alpha value is -2.90. The number of benzene rings is 1. The molecule has 3 rings (SSSR count). The summed E-state index contributed by atoms with van der Waals surface area (Å²) in [6.45, 7) is 11.0. The Morgan fingerprint density at radius 2 is 0.917 bits per heavy atom. The van der Waals surface area contributed by atoms with Crippen molar-refractivity contribution in [2.45, 2.75) is 117 Å². The molecule has 36 heavy (non-hydrogen) atoms. The van der Waals surface area contributed by atoms with Crippen LogP contribution < -0.4 is 10.0 Å². The van der Waals surface area contributed by atoms with Crippen molar-refractivity contribution in [1.82, 2.24) is 0 Å². The van der Waals surface area contributed by atoms with Gasteiger partial charge in [-0.15, -0.1) is 0 Å². The fourth-order valence-corrected chi connectivity index (χ4v) is 4.16. The van der Waals surface area contributed by atoms with E-state index >= 15 is 0 Å². The van der Waals surface area contributed by atoms with Crippen LogP contribution >= 0.6 is 0 Å². The van der Waals surface area contributed by atoms with E-state index in [9.17, 15) is 9.59 Å². The van der Waals surface area contributed by atoms with Crippen LogP contribution in [0.25, 0.3) is 0 Å². The molecule has 198 valence electrons. The van der Waals surface area contributed by atoms with Gasteiger partial charge in [0.15, 0.2) is 0 Å². The topological polar surface area (TPSA) is 83.8 Å². The summed E-state index contributed by atoms with van der Waals surface area (Å²) in [5, 5.41) is 12.0. The molecule has 0 unspecified atom stereocenters. The van der Waals surface area contributed by atoms with Crippen LogP contribution in [0, 0.1) is 0 Å². The van der Waals surface area contributed by atoms with Gasteiger partial charge >= 0.3 is 12.2 Å². The third-order valence-electron chi connectivity index (χ3n) is 5.82. The van der Waals surface area contributed by atoms with Crippen LogP contribution in [0.4, 0.5) is 21.0 Å². The number of carbonyl (C=O) groups excluding carboxylic acids is 2. The summed E-state index contributed by atoms with van der Waals surface area (Å²) < 4.78 is 11.3. The van der Waals surface area contributed by atoms with E-state index < -0.39 is 23.4 Å². The number of hydrogen-bond acceptors (Lipinski definition) is 6. The molecule has 0 radical (unpaired) electrons. The third kappa shape index (κ3) is 8.64. The zero-order valence-corrected chi connectivity index (χ0v) is 22.8. The maximum absolute atomic E-state index is 13.1. The molecule has 2 aliphatic rings. The van der Waals surface area contributed by atoms with E-state index in [0.29, 0.717) is 11.4 Å². The molecule has 2 aliphatic carbocycles. The second kappa shape index (κ2) is 11.9. The quantitative estimate of drug-likeness (QED) is 0.396. The average Bonchev–Trinajstić information content (AvgIpc) is 2.80. The maximum Gasteiger partial charge on any atom is 0.435 e. The lowest BCUT2D eigenvalue weighted by Gasteiger charge is -2.27. The summed E-state index contributed by atoms with van der Waals surface area (Å²) >= 11 is 0. The number of rotatable bonds is 4. The summed E-state index contributed by atoms with van der Waals surface area (Å²) in [6.07, 6.45) is 9.11. The van der Waals surface area contributed by atoms with Crippen LogP contribution in [-0.4, -0.2) is 34.8 Å². The summed E-state index contributed by atoms with van der Waals surface area (Å²) in [7, 11) is 0. The number of hydrogen-bond donors (Lipinski definition) is 0. The number of amides is 2. The number of nitrogens with zero attached hydrogens (tertiary/aromatic N) is 4. The third-order valence-corrected chi connectivity index (χ3v) is 5.82. The molecule has 0 aliphatic heterocycles. The summed E-state index contributed by atoms with van der Waals surface area (Å²) in [5.41, 5.74) is 1.84. The average molecular weight is 499 g/mol. The minimum absolute atomic E-state index is 0.528. The second-order valence-electron chi connectivity index (χ2n) is 11.6. The van der Waals surface area contributed by atoms with Gasteiger partial charge in [-0.1, -0.05) is 12.8 Å². The van der Waals surface area contributed by atoms with Gasteiger partial charge in [0, 0.05) is 11.4 Å². The normalized spacial score (nSPS) is 16.7. The van der Waals surface area contributed by atoms with Gasteiger partial charge < -0.3 is 9.47 Å². The van der Waals surface area contributed by atoms with Gasteiger partial charge in [-0.05, 0) is 117 Å². The predicted octanol–water partition coefficient (Wildman–Crippen LogP) is 7.81. The molecule has 0 bridgehead atoms. The Morgan fingerprint density at radius 1 is 0.611 bits per heavy atom. The van der Waals surface area contributed by atoms with Gasteiger partial charge in [-0.25, -0.2) is 9.59 Å². The zero-order valence-electron chi connectivity index (χ0n) is 22.8. The molecule has 0 saturated heterocycles. The Morgan fingerprint density at radius 3 is 1.19 bits per heavy atom. The van der Waals surface area contributed by atoms with E-state index in [1.165, 1.54) is 22.9 Å². The molecular weight excluding hydrogens is 456 g/mol. The van der Waals surface area contributed by atoms with Gasteiger partial charge in [-0.3, -0.25) is 0 Å². The van der Waals surface area contributed by atoms with Crippen molar-refractivity contribution >= 4 is 35.0 Å². The first kappa shape index (κ1) is 27.7. The molecule has 2 fully saturated rings. The van der Waals surface area contributed by atoms with Crippen LogP contribution in [0.5, 0.6) is 0 Å². The first-order valence-electron chi connectivity index (χ1n) is 13.2. The van der Waals surface area contributed by atoms with Crippen LogP contribution in [-0.2, 0) is 9.47 Å². The van der Waals surface area contributed by atoms with Crippen molar-refractivity contribution in [2.24, 2.45) is 10.2 Å². The highest BCUT2D eigenvalue weighted by atomic mass is 16.6. The molecule has 0 heterocycles. The fraction of sp³-hybridized carbons (Fsp3) is 0.643. The standard InChI is InChI=1S/C28H42N4O4/c1-27(2,3)35-25(33)31(29-21-13-9-7-10-14-21)23-17-19-24(20-18-23)32(26(34)36-28(4,5)6)30-22-15-11-8-12-16-22/h17-20H,7-16H2,1-6H3. The Balaban J connectivity index is 1.92. The van der Waals surface area contributed by atoms with Crippen molar-refractivity contribution in [2.75, 3.05) is 10.0 Å². The second-order valence-corrected chi connectivity index (χ2v) is 11.6. The van der Waals surface area contributed by atoms with E-state index in [0.717, 1.165) is 62.8 Å². The van der Waals surface area contributed by atoms with Crippen LogP contribution in [0.3, 0.4) is 0 Å². The minimum Gasteiger partial charge on any atom is -0.442 e. The Labute approximate surface area is 215 Å². The van der Waals surface area contributed by atoms with E-state index in [2.05, 4.69) is 10.2 Å². The van der Waals surface area contributed by atoms with Crippen LogP contribution in [0.2, 0.25) is 0 Å². The lowest BCUT2D eigenvalue weighted by molar-refractivity contribution is 0.0569. The van der Waals surface area contributed by atoms with Crippen molar-refractivity contribution in [3.05, 3.63) is 24.3 Å². The van der Waals surface area contributed by atoms with E-state index in [-0.39, 0.29) is 0 Å². The Kier molecular flexibility index (Phi) is 9.14. The largest absolute Gasteiger partial charge is 0.442 e. The van der Waals surface area contributed by atoms with Crippen LogP contribution in [0.15, 0.2) is 34.5 Å². The Bertz CT molecular complexity index is 876. The molecule has 0 atom stereocenters. The number of carbonyl (C=O) groups is 2. The van der Waals surface area contributed by atoms with Crippen molar-refractivity contribution in [3.8, 4) is 0 Å². The number of ether oxygens (including phenoxy) is 2. The predicted molar refractivity (Wildman–Crippen MR) is 145 cm³/mol. The highest BCUT2D eigenvalue weighted by Crippen LogP contribution is 2.27. The lowest BCUT2D eigenvalue weighted by Crippen LogP contribution is -2.35. The van der Waals surface area contributed by atoms with Crippen LogP contribution in [0.1, 0.15) is 106 Å². The van der Waals surface area contributed by atoms with Gasteiger partial charge in [0.05, 0.1) is 11.4 Å². The van der Waals surface area contributed by atoms with Gasteiger partial charge in [0.2, 0.25) is 0 Å². The van der Waals surface area contributed by atoms with Crippen molar-refractivity contribution in [1.29, 1.82) is 0 Å². The zero-order chi connectivity index (χ0) is 26.3. The molecule has 2 saturated carbocycles. The van der Waals surface area contributed by atoms with Gasteiger partial charge in [0.25, 0.3) is 0 Å². The first-order chi connectivity index (χ1) is 16.9. The highest BCUT2D eigenvalue weighted by Gasteiger charge is 2.27. The van der Waals surface area contributed by atoms with Gasteiger partial charge in [0.1, 0.15) is 11.2 Å². The summed E-state index contributed by atoms with van der Waals surface area (Å²) in [6, 6.07) is 7.07. The molecule has 8 heteroatoms. The fourth-order valence-electron chi connectivity index (χ4n) is 4.16. The number of anilines is 2. The molecular formula is C28H42N4O4. The van der Waals surface area contributed by atoms with E-state index in [4.69, 9.17) is 9.47 Å². The molecule has 1 aromatic rings. The molecule has 0 N–H and O–H groups in total. The molecule has 2 amide bonds. The monoisotopic (exact) mass is 498 g/mol. The molecule has 8 nitrogen and oxygen atoms in total. The smallest absolute Gasteiger partial charge is 0.435 e. The maximum atomic E-state index is 13.1. The summed E-state index contributed by atoms with van der Waals surface area (Å²) in [5.74, 6) is 0. The first-order valence-corrected chi connectivity index (χ1v) is 13.2. The number of hydrazone groups is 2. The molecule has 0 spiro atoms. The van der Waals surface area contributed by atoms with E-state index in [1.807, 2.05) is 41.5 Å². The highest BCUT2D eigenvalue weighted by molar-refractivity contribution is 5.95. The lowest BCUT2D eigenvalue weighted by atomic mass is 9.99. The molecule has 0 aromatic heterocycles. The van der Waals surface area contributed by atoms with E-state index in [1.54, 1.807) is 24.3 Å². The van der Waals surface area contributed by atoms with Crippen molar-refractivity contribution in [3.63, 3.8) is 0 Å².